The van der Waals surface area contributed by atoms with Crippen LogP contribution >= 0.6 is 0 Å². The number of hydrogen-bond acceptors (Lipinski definition) is 6. The summed E-state index contributed by atoms with van der Waals surface area (Å²) in [5.74, 6) is 2.24. The van der Waals surface area contributed by atoms with Crippen LogP contribution in [0, 0.1) is 6.92 Å². The van der Waals surface area contributed by atoms with Gasteiger partial charge in [-0.25, -0.2) is 9.98 Å². The summed E-state index contributed by atoms with van der Waals surface area (Å²) in [5.41, 5.74) is 8.06. The van der Waals surface area contributed by atoms with Gasteiger partial charge in [0.2, 0.25) is 0 Å². The quantitative estimate of drug-likeness (QED) is 0.865. The molecule has 3 heterocycles. The number of likely N-dealkylation sites (N-methyl/N-ethyl adjacent to an activating group) is 2. The van der Waals surface area contributed by atoms with Crippen LogP contribution in [0.15, 0.2) is 47.2 Å². The SMILES string of the molecule is CC1=CCC(N2CCN(C)CC2)=NC=C1.CCN(CCN)c1cc(C)ccn1. The van der Waals surface area contributed by atoms with Gasteiger partial charge < -0.3 is 20.4 Å². The number of aryl methyl sites for hydroxylation is 1. The molecule has 0 saturated carbocycles. The molecule has 1 aromatic rings. The predicted molar refractivity (Wildman–Crippen MR) is 120 cm³/mol. The molecule has 2 aliphatic heterocycles. The van der Waals surface area contributed by atoms with E-state index in [4.69, 9.17) is 5.73 Å². The van der Waals surface area contributed by atoms with Gasteiger partial charge in [-0.3, -0.25) is 0 Å². The van der Waals surface area contributed by atoms with Crippen molar-refractivity contribution in [2.45, 2.75) is 27.2 Å². The highest BCUT2D eigenvalue weighted by Crippen LogP contribution is 2.11. The maximum absolute atomic E-state index is 5.51. The molecule has 1 fully saturated rings. The first-order valence-electron chi connectivity index (χ1n) is 10.2. The summed E-state index contributed by atoms with van der Waals surface area (Å²) in [6.07, 6.45) is 9.06. The fraction of sp³-hybridized carbons (Fsp3) is 0.545. The van der Waals surface area contributed by atoms with Gasteiger partial charge in [-0.05, 0) is 51.6 Å². The number of allylic oxidation sites excluding steroid dienone is 2. The highest BCUT2D eigenvalue weighted by atomic mass is 15.3. The molecule has 1 aromatic heterocycles. The number of hydrogen-bond donors (Lipinski definition) is 1. The minimum atomic E-state index is 0.670. The van der Waals surface area contributed by atoms with Crippen molar-refractivity contribution in [3.05, 3.63) is 47.8 Å². The maximum Gasteiger partial charge on any atom is 0.128 e. The van der Waals surface area contributed by atoms with E-state index in [0.29, 0.717) is 6.54 Å². The van der Waals surface area contributed by atoms with E-state index in [2.05, 4.69) is 70.7 Å². The van der Waals surface area contributed by atoms with E-state index in [-0.39, 0.29) is 0 Å². The molecule has 0 bridgehead atoms. The summed E-state index contributed by atoms with van der Waals surface area (Å²) in [7, 11) is 2.18. The zero-order chi connectivity index (χ0) is 20.4. The first kappa shape index (κ1) is 22.1. The summed E-state index contributed by atoms with van der Waals surface area (Å²) < 4.78 is 0. The van der Waals surface area contributed by atoms with Gasteiger partial charge in [-0.15, -0.1) is 0 Å². The second kappa shape index (κ2) is 11.6. The standard InChI is InChI=1S/C12H19N3.C10H17N3/c1-11-3-4-12(13-6-5-11)15-9-7-14(2)8-10-15;1-3-13(7-5-11)10-8-9(2)4-6-12-10/h3,5-6H,4,7-10H2,1-2H3;4,6,8H,3,5,7,11H2,1-2H3. The van der Waals surface area contributed by atoms with Crippen LogP contribution in [-0.4, -0.2) is 73.5 Å². The molecule has 0 radical (unpaired) electrons. The molecule has 3 rings (SSSR count). The summed E-state index contributed by atoms with van der Waals surface area (Å²) in [6, 6.07) is 4.08. The van der Waals surface area contributed by atoms with Crippen LogP contribution in [0.5, 0.6) is 0 Å². The van der Waals surface area contributed by atoms with Crippen molar-refractivity contribution in [3.63, 3.8) is 0 Å². The molecule has 154 valence electrons. The number of anilines is 1. The predicted octanol–water partition coefficient (Wildman–Crippen LogP) is 2.67. The van der Waals surface area contributed by atoms with Gasteiger partial charge >= 0.3 is 0 Å². The van der Waals surface area contributed by atoms with Gasteiger partial charge in [-0.2, -0.15) is 0 Å². The number of nitrogens with zero attached hydrogens (tertiary/aromatic N) is 5. The molecule has 0 aromatic carbocycles. The van der Waals surface area contributed by atoms with Crippen molar-refractivity contribution in [1.29, 1.82) is 0 Å². The van der Waals surface area contributed by atoms with Crippen LogP contribution in [0.4, 0.5) is 5.82 Å². The topological polar surface area (TPSA) is 61.0 Å². The largest absolute Gasteiger partial charge is 0.357 e. The van der Waals surface area contributed by atoms with Crippen molar-refractivity contribution >= 4 is 11.7 Å². The Morgan fingerprint density at radius 2 is 1.93 bits per heavy atom. The van der Waals surface area contributed by atoms with Crippen molar-refractivity contribution in [1.82, 2.24) is 14.8 Å². The lowest BCUT2D eigenvalue weighted by atomic mass is 10.2. The number of pyridine rings is 1. The Labute approximate surface area is 170 Å². The van der Waals surface area contributed by atoms with E-state index < -0.39 is 0 Å². The number of rotatable bonds is 4. The highest BCUT2D eigenvalue weighted by Gasteiger charge is 2.16. The maximum atomic E-state index is 5.51. The molecule has 2 N–H and O–H groups in total. The molecule has 28 heavy (non-hydrogen) atoms. The molecular formula is C22H36N6. The minimum absolute atomic E-state index is 0.670. The van der Waals surface area contributed by atoms with Gasteiger partial charge in [0.25, 0.3) is 0 Å². The molecule has 1 saturated heterocycles. The average Bonchev–Trinajstić information content (AvgIpc) is 2.92. The lowest BCUT2D eigenvalue weighted by Gasteiger charge is -2.34. The smallest absolute Gasteiger partial charge is 0.128 e. The van der Waals surface area contributed by atoms with Crippen molar-refractivity contribution < 1.29 is 0 Å². The highest BCUT2D eigenvalue weighted by molar-refractivity contribution is 5.85. The number of piperazine rings is 1. The van der Waals surface area contributed by atoms with Crippen LogP contribution in [0.3, 0.4) is 0 Å². The lowest BCUT2D eigenvalue weighted by molar-refractivity contribution is 0.214. The fourth-order valence-electron chi connectivity index (χ4n) is 3.17. The lowest BCUT2D eigenvalue weighted by Crippen LogP contribution is -2.47. The average molecular weight is 385 g/mol. The summed E-state index contributed by atoms with van der Waals surface area (Å²) in [4.78, 5) is 15.8. The Morgan fingerprint density at radius 1 is 1.18 bits per heavy atom. The second-order valence-corrected chi connectivity index (χ2v) is 7.36. The van der Waals surface area contributed by atoms with E-state index in [9.17, 15) is 0 Å². The Morgan fingerprint density at radius 3 is 2.57 bits per heavy atom. The van der Waals surface area contributed by atoms with Gasteiger partial charge in [0, 0.05) is 64.6 Å². The van der Waals surface area contributed by atoms with Gasteiger partial charge in [0.1, 0.15) is 11.7 Å². The minimum Gasteiger partial charge on any atom is -0.357 e. The van der Waals surface area contributed by atoms with Crippen LogP contribution in [-0.2, 0) is 0 Å². The van der Waals surface area contributed by atoms with E-state index in [0.717, 1.165) is 51.5 Å². The molecular weight excluding hydrogens is 348 g/mol. The van der Waals surface area contributed by atoms with E-state index in [1.807, 2.05) is 18.5 Å². The summed E-state index contributed by atoms with van der Waals surface area (Å²) in [6.45, 7) is 13.3. The molecule has 0 unspecified atom stereocenters. The van der Waals surface area contributed by atoms with Crippen molar-refractivity contribution in [2.24, 2.45) is 10.7 Å². The molecule has 2 aliphatic rings. The van der Waals surface area contributed by atoms with Crippen molar-refractivity contribution in [2.75, 3.05) is 57.8 Å². The molecule has 0 amide bonds. The van der Waals surface area contributed by atoms with E-state index in [1.54, 1.807) is 0 Å². The summed E-state index contributed by atoms with van der Waals surface area (Å²) >= 11 is 0. The third kappa shape index (κ3) is 7.09. The molecule has 0 spiro atoms. The van der Waals surface area contributed by atoms with E-state index in [1.165, 1.54) is 17.0 Å². The zero-order valence-corrected chi connectivity index (χ0v) is 17.9. The van der Waals surface area contributed by atoms with Crippen LogP contribution in [0.25, 0.3) is 0 Å². The van der Waals surface area contributed by atoms with Gasteiger partial charge in [0.15, 0.2) is 0 Å². The molecule has 6 heteroatoms. The number of aromatic nitrogens is 1. The normalized spacial score (nSPS) is 17.2. The molecule has 0 aliphatic carbocycles. The first-order chi connectivity index (χ1) is 13.5. The third-order valence-electron chi connectivity index (χ3n) is 5.04. The van der Waals surface area contributed by atoms with Gasteiger partial charge in [-0.1, -0.05) is 11.6 Å². The van der Waals surface area contributed by atoms with Crippen LogP contribution in [0.1, 0.15) is 25.8 Å². The Kier molecular flexibility index (Phi) is 9.17. The Bertz CT molecular complexity index is 683. The number of nitrogens with two attached hydrogens (primary N) is 1. The number of amidine groups is 1. The Balaban J connectivity index is 0.000000203. The van der Waals surface area contributed by atoms with Crippen molar-refractivity contribution in [3.8, 4) is 0 Å². The third-order valence-corrected chi connectivity index (χ3v) is 5.04. The molecule has 6 nitrogen and oxygen atoms in total. The summed E-state index contributed by atoms with van der Waals surface area (Å²) in [5, 5.41) is 0. The molecule has 0 atom stereocenters. The van der Waals surface area contributed by atoms with Crippen LogP contribution in [0.2, 0.25) is 0 Å². The fourth-order valence-corrected chi connectivity index (χ4v) is 3.17. The second-order valence-electron chi connectivity index (χ2n) is 7.36. The first-order valence-corrected chi connectivity index (χ1v) is 10.2. The van der Waals surface area contributed by atoms with E-state index >= 15 is 0 Å². The zero-order valence-electron chi connectivity index (χ0n) is 17.9. The van der Waals surface area contributed by atoms with Crippen LogP contribution < -0.4 is 10.6 Å². The number of aliphatic imine (C=N–C) groups is 1. The Hall–Kier alpha value is -2.18. The monoisotopic (exact) mass is 384 g/mol. The van der Waals surface area contributed by atoms with Gasteiger partial charge in [0.05, 0.1) is 0 Å².